The van der Waals surface area contributed by atoms with Gasteiger partial charge in [0.05, 0.1) is 25.6 Å². The second kappa shape index (κ2) is 6.70. The van der Waals surface area contributed by atoms with E-state index in [1.54, 1.807) is 20.3 Å². The summed E-state index contributed by atoms with van der Waals surface area (Å²) < 4.78 is 21.4. The fourth-order valence-electron chi connectivity index (χ4n) is 3.66. The third-order valence-corrected chi connectivity index (χ3v) is 5.12. The Balaban J connectivity index is 1.44. The van der Waals surface area contributed by atoms with E-state index >= 15 is 0 Å². The van der Waals surface area contributed by atoms with E-state index in [1.807, 2.05) is 36.4 Å². The van der Waals surface area contributed by atoms with E-state index in [2.05, 4.69) is 10.2 Å². The first kappa shape index (κ1) is 17.4. The average Bonchev–Trinajstić information content (AvgIpc) is 3.46. The number of nitrogens with one attached hydrogen (secondary N) is 1. The van der Waals surface area contributed by atoms with Gasteiger partial charge < -0.3 is 18.9 Å². The van der Waals surface area contributed by atoms with Gasteiger partial charge in [-0.25, -0.2) is 0 Å². The van der Waals surface area contributed by atoms with Crippen LogP contribution in [0.25, 0.3) is 17.3 Å². The molecule has 7 heteroatoms. The van der Waals surface area contributed by atoms with Gasteiger partial charge >= 0.3 is 0 Å². The number of carbonyl (C=O) groups is 1. The summed E-state index contributed by atoms with van der Waals surface area (Å²) in [6, 6.07) is 11.2. The van der Waals surface area contributed by atoms with Crippen molar-refractivity contribution in [2.75, 3.05) is 21.0 Å². The van der Waals surface area contributed by atoms with Crippen LogP contribution < -0.4 is 18.9 Å². The molecule has 29 heavy (non-hydrogen) atoms. The molecule has 0 radical (unpaired) electrons. The third kappa shape index (κ3) is 2.91. The monoisotopic (exact) mass is 390 g/mol. The number of rotatable bonds is 4. The molecule has 0 saturated carbocycles. The van der Waals surface area contributed by atoms with Crippen LogP contribution in [0.3, 0.4) is 0 Å². The van der Waals surface area contributed by atoms with E-state index in [1.165, 1.54) is 0 Å². The van der Waals surface area contributed by atoms with Crippen molar-refractivity contribution in [1.82, 2.24) is 10.2 Å². The molecule has 0 bridgehead atoms. The minimum Gasteiger partial charge on any atom is -0.493 e. The number of hydrogen-bond acceptors (Lipinski definition) is 6. The van der Waals surface area contributed by atoms with Crippen molar-refractivity contribution in [2.24, 2.45) is 0 Å². The number of benzene rings is 2. The van der Waals surface area contributed by atoms with Gasteiger partial charge in [-0.05, 0) is 48.0 Å². The lowest BCUT2D eigenvalue weighted by Crippen LogP contribution is -1.97. The summed E-state index contributed by atoms with van der Waals surface area (Å²) in [5, 5.41) is 7.36. The van der Waals surface area contributed by atoms with E-state index in [4.69, 9.17) is 18.9 Å². The summed E-state index contributed by atoms with van der Waals surface area (Å²) in [6.07, 6.45) is 2.37. The first-order valence-electron chi connectivity index (χ1n) is 9.12. The summed E-state index contributed by atoms with van der Waals surface area (Å²) in [5.74, 6) is 2.58. The molecule has 1 aliphatic heterocycles. The molecular formula is C22H18N2O5. The van der Waals surface area contributed by atoms with Gasteiger partial charge in [-0.3, -0.25) is 9.89 Å². The van der Waals surface area contributed by atoms with Crippen molar-refractivity contribution in [3.05, 3.63) is 58.8 Å². The minimum absolute atomic E-state index is 0.0137. The SMILES string of the molecule is COc1cc2c(cc1OC)C(=O)C(=Cc1cc(-c3ccc4c(c3)OCO4)n[nH]1)C2. The molecule has 2 heterocycles. The molecule has 7 nitrogen and oxygen atoms in total. The number of methoxy groups -OCH3 is 2. The van der Waals surface area contributed by atoms with Gasteiger partial charge in [0.15, 0.2) is 28.8 Å². The predicted molar refractivity (Wildman–Crippen MR) is 106 cm³/mol. The first-order chi connectivity index (χ1) is 14.2. The topological polar surface area (TPSA) is 82.7 Å². The van der Waals surface area contributed by atoms with Crippen molar-refractivity contribution in [3.63, 3.8) is 0 Å². The highest BCUT2D eigenvalue weighted by Gasteiger charge is 2.27. The molecule has 3 aromatic rings. The van der Waals surface area contributed by atoms with Gasteiger partial charge in [-0.2, -0.15) is 5.10 Å². The minimum atomic E-state index is -0.0137. The van der Waals surface area contributed by atoms with Crippen LogP contribution >= 0.6 is 0 Å². The van der Waals surface area contributed by atoms with Crippen LogP contribution in [0, 0.1) is 0 Å². The second-order valence-electron chi connectivity index (χ2n) is 6.82. The Morgan fingerprint density at radius 2 is 1.83 bits per heavy atom. The van der Waals surface area contributed by atoms with Crippen LogP contribution in [0.2, 0.25) is 0 Å². The Kier molecular flexibility index (Phi) is 4.01. The molecule has 1 aliphatic carbocycles. The fraction of sp³-hybridized carbons (Fsp3) is 0.182. The maximum Gasteiger partial charge on any atom is 0.231 e. The predicted octanol–water partition coefficient (Wildman–Crippen LogP) is 3.65. The van der Waals surface area contributed by atoms with E-state index < -0.39 is 0 Å². The number of aromatic nitrogens is 2. The molecular weight excluding hydrogens is 372 g/mol. The normalized spacial score (nSPS) is 15.7. The van der Waals surface area contributed by atoms with E-state index in [0.29, 0.717) is 34.8 Å². The van der Waals surface area contributed by atoms with Gasteiger partial charge in [0.1, 0.15) is 0 Å². The number of carbonyl (C=O) groups excluding carboxylic acids is 1. The number of ether oxygens (including phenoxy) is 4. The van der Waals surface area contributed by atoms with E-state index in [0.717, 1.165) is 28.3 Å². The number of nitrogens with zero attached hydrogens (tertiary/aromatic N) is 1. The molecule has 0 unspecified atom stereocenters. The maximum atomic E-state index is 12.8. The number of allylic oxidation sites excluding steroid dienone is 1. The van der Waals surface area contributed by atoms with Gasteiger partial charge in [0, 0.05) is 23.1 Å². The Morgan fingerprint density at radius 1 is 1.03 bits per heavy atom. The molecule has 0 atom stereocenters. The smallest absolute Gasteiger partial charge is 0.231 e. The van der Waals surface area contributed by atoms with Crippen molar-refractivity contribution in [2.45, 2.75) is 6.42 Å². The summed E-state index contributed by atoms with van der Waals surface area (Å²) in [6.45, 7) is 0.231. The highest BCUT2D eigenvalue weighted by Crippen LogP contribution is 2.38. The molecule has 1 N–H and O–H groups in total. The molecule has 146 valence electrons. The summed E-state index contributed by atoms with van der Waals surface area (Å²) in [4.78, 5) is 12.8. The zero-order valence-electron chi connectivity index (χ0n) is 15.9. The van der Waals surface area contributed by atoms with Gasteiger partial charge in [0.25, 0.3) is 0 Å². The number of hydrogen-bond donors (Lipinski definition) is 1. The average molecular weight is 390 g/mol. The Labute approximate surface area is 166 Å². The number of fused-ring (bicyclic) bond motifs is 2. The lowest BCUT2D eigenvalue weighted by atomic mass is 10.1. The summed E-state index contributed by atoms with van der Waals surface area (Å²) >= 11 is 0. The quantitative estimate of drug-likeness (QED) is 0.685. The van der Waals surface area contributed by atoms with E-state index in [9.17, 15) is 4.79 Å². The number of aromatic amines is 1. The zero-order chi connectivity index (χ0) is 20.0. The molecule has 0 amide bonds. The Hall–Kier alpha value is -3.74. The second-order valence-corrected chi connectivity index (χ2v) is 6.82. The van der Waals surface area contributed by atoms with Crippen LogP contribution in [0.4, 0.5) is 0 Å². The Morgan fingerprint density at radius 3 is 2.66 bits per heavy atom. The highest BCUT2D eigenvalue weighted by molar-refractivity contribution is 6.15. The van der Waals surface area contributed by atoms with Crippen LogP contribution in [0.5, 0.6) is 23.0 Å². The van der Waals surface area contributed by atoms with E-state index in [-0.39, 0.29) is 12.6 Å². The summed E-state index contributed by atoms with van der Waals surface area (Å²) in [5.41, 5.74) is 4.69. The van der Waals surface area contributed by atoms with Gasteiger partial charge in [-0.15, -0.1) is 0 Å². The Bertz CT molecular complexity index is 1160. The standard InChI is InChI=1S/C22H18N2O5/c1-26-19-8-13-5-14(22(25)16(13)10-20(19)27-2)6-15-9-17(24-23-15)12-3-4-18-21(7-12)29-11-28-18/h3-4,6-10H,5,11H2,1-2H3,(H,23,24). The molecule has 1 aromatic heterocycles. The van der Waals surface area contributed by atoms with Crippen molar-refractivity contribution in [1.29, 1.82) is 0 Å². The number of Topliss-reactive ketones (excluding diaryl/α,β-unsaturated/α-hetero) is 1. The molecule has 0 spiro atoms. The van der Waals surface area contributed by atoms with Crippen molar-refractivity contribution < 1.29 is 23.7 Å². The van der Waals surface area contributed by atoms with Crippen LogP contribution in [0.1, 0.15) is 21.6 Å². The first-order valence-corrected chi connectivity index (χ1v) is 9.12. The third-order valence-electron chi connectivity index (χ3n) is 5.12. The zero-order valence-corrected chi connectivity index (χ0v) is 15.9. The fourth-order valence-corrected chi connectivity index (χ4v) is 3.66. The highest BCUT2D eigenvalue weighted by atomic mass is 16.7. The van der Waals surface area contributed by atoms with Crippen LogP contribution in [-0.4, -0.2) is 37.0 Å². The van der Waals surface area contributed by atoms with Crippen molar-refractivity contribution in [3.8, 4) is 34.3 Å². The number of H-pyrrole nitrogens is 1. The molecule has 2 aliphatic rings. The van der Waals surface area contributed by atoms with Crippen LogP contribution in [-0.2, 0) is 6.42 Å². The van der Waals surface area contributed by atoms with Crippen LogP contribution in [0.15, 0.2) is 42.0 Å². The van der Waals surface area contributed by atoms with Gasteiger partial charge in [0.2, 0.25) is 6.79 Å². The van der Waals surface area contributed by atoms with Crippen molar-refractivity contribution >= 4 is 11.9 Å². The molecule has 2 aromatic carbocycles. The number of ketones is 1. The van der Waals surface area contributed by atoms with Gasteiger partial charge in [-0.1, -0.05) is 0 Å². The molecule has 0 saturated heterocycles. The molecule has 0 fully saturated rings. The largest absolute Gasteiger partial charge is 0.493 e. The lowest BCUT2D eigenvalue weighted by Gasteiger charge is -2.08. The molecule has 5 rings (SSSR count). The maximum absolute atomic E-state index is 12.8. The lowest BCUT2D eigenvalue weighted by molar-refractivity contribution is 0.104. The summed E-state index contributed by atoms with van der Waals surface area (Å²) in [7, 11) is 3.14.